The Balaban J connectivity index is 1.93. The molecule has 28 heavy (non-hydrogen) atoms. The van der Waals surface area contributed by atoms with Crippen molar-refractivity contribution in [1.29, 1.82) is 0 Å². The van der Waals surface area contributed by atoms with Crippen molar-refractivity contribution in [2.75, 3.05) is 13.2 Å². The largest absolute Gasteiger partial charge is 0.491 e. The molecule has 0 atom stereocenters. The Morgan fingerprint density at radius 3 is 2.79 bits per heavy atom. The van der Waals surface area contributed by atoms with Crippen LogP contribution in [-0.4, -0.2) is 23.6 Å². The molecular formula is C21H18FN3O3. The zero-order valence-corrected chi connectivity index (χ0v) is 15.2. The molecule has 3 aromatic rings. The van der Waals surface area contributed by atoms with Crippen LogP contribution in [-0.2, 0) is 6.54 Å². The predicted molar refractivity (Wildman–Crippen MR) is 104 cm³/mol. The van der Waals surface area contributed by atoms with Crippen LogP contribution in [0.15, 0.2) is 53.7 Å². The Kier molecular flexibility index (Phi) is 4.65. The third-order valence-corrected chi connectivity index (χ3v) is 4.72. The van der Waals surface area contributed by atoms with E-state index >= 15 is 0 Å². The first-order valence-corrected chi connectivity index (χ1v) is 9.00. The number of ether oxygens (including phenoxy) is 1. The number of hydrogen-bond acceptors (Lipinski definition) is 4. The lowest BCUT2D eigenvalue weighted by atomic mass is 10.0. The smallest absolute Gasteiger partial charge is 0.268 e. The number of amides is 1. The molecule has 1 aromatic heterocycles. The van der Waals surface area contributed by atoms with Gasteiger partial charge in [-0.3, -0.25) is 4.79 Å². The zero-order valence-electron chi connectivity index (χ0n) is 15.2. The van der Waals surface area contributed by atoms with Crippen LogP contribution >= 0.6 is 0 Å². The highest BCUT2D eigenvalue weighted by Gasteiger charge is 2.25. The standard InChI is InChI=1S/C21H18FN3O3/c1-2-28-19-7-6-14(11-17(19)22)20-16(13-4-3-5-15(10-13)24-27)12-18-21(26)23-8-9-25(18)20/h3-7,10-12H,2,8-9H2,1H3,(H,23,26). The van der Waals surface area contributed by atoms with Crippen LogP contribution in [0.25, 0.3) is 22.4 Å². The van der Waals surface area contributed by atoms with Crippen LogP contribution in [0.3, 0.4) is 0 Å². The van der Waals surface area contributed by atoms with E-state index in [0.717, 1.165) is 16.8 Å². The topological polar surface area (TPSA) is 72.7 Å². The number of halogens is 1. The molecule has 4 rings (SSSR count). The van der Waals surface area contributed by atoms with Gasteiger partial charge >= 0.3 is 0 Å². The molecule has 1 amide bonds. The van der Waals surface area contributed by atoms with Crippen molar-refractivity contribution in [1.82, 2.24) is 9.88 Å². The maximum atomic E-state index is 14.5. The van der Waals surface area contributed by atoms with E-state index in [4.69, 9.17) is 4.74 Å². The zero-order chi connectivity index (χ0) is 19.7. The minimum Gasteiger partial charge on any atom is -0.491 e. The number of benzene rings is 2. The highest BCUT2D eigenvalue weighted by Crippen LogP contribution is 2.38. The van der Waals surface area contributed by atoms with E-state index in [1.54, 1.807) is 43.3 Å². The quantitative estimate of drug-likeness (QED) is 0.664. The van der Waals surface area contributed by atoms with Crippen LogP contribution in [0.1, 0.15) is 17.4 Å². The Bertz CT molecular complexity index is 1070. The first kappa shape index (κ1) is 17.9. The second-order valence-electron chi connectivity index (χ2n) is 6.42. The molecule has 0 fully saturated rings. The number of nitrogens with zero attached hydrogens (tertiary/aromatic N) is 2. The highest BCUT2D eigenvalue weighted by molar-refractivity contribution is 5.98. The molecule has 2 aromatic carbocycles. The van der Waals surface area contributed by atoms with Gasteiger partial charge in [0.25, 0.3) is 5.91 Å². The fraction of sp³-hybridized carbons (Fsp3) is 0.190. The Morgan fingerprint density at radius 2 is 2.04 bits per heavy atom. The van der Waals surface area contributed by atoms with Crippen molar-refractivity contribution in [3.8, 4) is 28.1 Å². The number of aromatic nitrogens is 1. The Labute approximate surface area is 160 Å². The second kappa shape index (κ2) is 7.26. The lowest BCUT2D eigenvalue weighted by Gasteiger charge is -2.19. The molecule has 0 bridgehead atoms. The van der Waals surface area contributed by atoms with E-state index < -0.39 is 5.82 Å². The fourth-order valence-electron chi connectivity index (χ4n) is 3.52. The summed E-state index contributed by atoms with van der Waals surface area (Å²) in [5, 5.41) is 5.81. The highest BCUT2D eigenvalue weighted by atomic mass is 19.1. The maximum Gasteiger partial charge on any atom is 0.268 e. The lowest BCUT2D eigenvalue weighted by Crippen LogP contribution is -2.35. The summed E-state index contributed by atoms with van der Waals surface area (Å²) in [5.74, 6) is -0.470. The van der Waals surface area contributed by atoms with E-state index in [-0.39, 0.29) is 17.3 Å². The Hall–Kier alpha value is -3.48. The number of rotatable bonds is 5. The predicted octanol–water partition coefficient (Wildman–Crippen LogP) is 4.50. The summed E-state index contributed by atoms with van der Waals surface area (Å²) in [6.45, 7) is 3.22. The molecule has 142 valence electrons. The minimum atomic E-state index is -0.468. The molecule has 7 heteroatoms. The van der Waals surface area contributed by atoms with Gasteiger partial charge in [0.2, 0.25) is 0 Å². The first-order valence-electron chi connectivity index (χ1n) is 9.00. The van der Waals surface area contributed by atoms with Crippen molar-refractivity contribution in [2.45, 2.75) is 13.5 Å². The van der Waals surface area contributed by atoms with Gasteiger partial charge in [0, 0.05) is 24.2 Å². The SMILES string of the molecule is CCOc1ccc(-c2c(-c3cccc(N=O)c3)cc3n2CCNC3=O)cc1F. The third-order valence-electron chi connectivity index (χ3n) is 4.72. The van der Waals surface area contributed by atoms with Crippen LogP contribution < -0.4 is 10.1 Å². The molecular weight excluding hydrogens is 361 g/mol. The Morgan fingerprint density at radius 1 is 1.18 bits per heavy atom. The van der Waals surface area contributed by atoms with E-state index in [2.05, 4.69) is 10.5 Å². The summed E-state index contributed by atoms with van der Waals surface area (Å²) < 4.78 is 21.7. The third kappa shape index (κ3) is 3.05. The number of fused-ring (bicyclic) bond motifs is 1. The van der Waals surface area contributed by atoms with E-state index in [9.17, 15) is 14.1 Å². The molecule has 0 spiro atoms. The van der Waals surface area contributed by atoms with Crippen molar-refractivity contribution in [3.63, 3.8) is 0 Å². The van der Waals surface area contributed by atoms with Crippen molar-refractivity contribution in [3.05, 3.63) is 64.9 Å². The summed E-state index contributed by atoms with van der Waals surface area (Å²) in [6.07, 6.45) is 0. The summed E-state index contributed by atoms with van der Waals surface area (Å²) in [4.78, 5) is 23.3. The van der Waals surface area contributed by atoms with Gasteiger partial charge in [0.05, 0.1) is 12.3 Å². The maximum absolute atomic E-state index is 14.5. The number of hydrogen-bond donors (Lipinski definition) is 1. The van der Waals surface area contributed by atoms with Gasteiger partial charge in [-0.1, -0.05) is 12.1 Å². The number of nitroso groups, excluding NO2 is 1. The molecule has 1 N–H and O–H groups in total. The second-order valence-corrected chi connectivity index (χ2v) is 6.42. The number of carbonyl (C=O) groups is 1. The lowest BCUT2D eigenvalue weighted by molar-refractivity contribution is 0.0928. The molecule has 1 aliphatic heterocycles. The van der Waals surface area contributed by atoms with E-state index in [1.165, 1.54) is 6.07 Å². The average molecular weight is 379 g/mol. The normalized spacial score (nSPS) is 13.0. The monoisotopic (exact) mass is 379 g/mol. The molecule has 0 saturated carbocycles. The van der Waals surface area contributed by atoms with Crippen molar-refractivity contribution >= 4 is 11.6 Å². The summed E-state index contributed by atoms with van der Waals surface area (Å²) in [7, 11) is 0. The van der Waals surface area contributed by atoms with Gasteiger partial charge in [-0.25, -0.2) is 4.39 Å². The van der Waals surface area contributed by atoms with E-state index in [1.807, 2.05) is 10.6 Å². The number of nitrogens with one attached hydrogen (secondary N) is 1. The van der Waals surface area contributed by atoms with Crippen LogP contribution in [0.2, 0.25) is 0 Å². The summed E-state index contributed by atoms with van der Waals surface area (Å²) in [5.41, 5.74) is 3.60. The van der Waals surface area contributed by atoms with E-state index in [0.29, 0.717) is 31.0 Å². The van der Waals surface area contributed by atoms with Crippen LogP contribution in [0.5, 0.6) is 5.75 Å². The first-order chi connectivity index (χ1) is 13.6. The fourth-order valence-corrected chi connectivity index (χ4v) is 3.52. The van der Waals surface area contributed by atoms with Crippen molar-refractivity contribution < 1.29 is 13.9 Å². The molecule has 1 aliphatic rings. The number of carbonyl (C=O) groups excluding carboxylic acids is 1. The average Bonchev–Trinajstić information content (AvgIpc) is 3.11. The molecule has 0 aliphatic carbocycles. The minimum absolute atomic E-state index is 0.183. The molecule has 2 heterocycles. The van der Waals surface area contributed by atoms with Gasteiger partial charge in [0.1, 0.15) is 11.4 Å². The van der Waals surface area contributed by atoms with Gasteiger partial charge in [-0.15, -0.1) is 4.91 Å². The van der Waals surface area contributed by atoms with Crippen LogP contribution in [0.4, 0.5) is 10.1 Å². The van der Waals surface area contributed by atoms with Crippen molar-refractivity contribution in [2.24, 2.45) is 5.18 Å². The summed E-state index contributed by atoms with van der Waals surface area (Å²) in [6, 6.07) is 13.4. The molecule has 0 unspecified atom stereocenters. The molecule has 6 nitrogen and oxygen atoms in total. The van der Waals surface area contributed by atoms with Crippen LogP contribution in [0, 0.1) is 10.7 Å². The van der Waals surface area contributed by atoms with Gasteiger partial charge < -0.3 is 14.6 Å². The summed E-state index contributed by atoms with van der Waals surface area (Å²) >= 11 is 0. The van der Waals surface area contributed by atoms with Gasteiger partial charge in [-0.05, 0) is 54.1 Å². The van der Waals surface area contributed by atoms with Gasteiger partial charge in [-0.2, -0.15) is 0 Å². The van der Waals surface area contributed by atoms with Gasteiger partial charge in [0.15, 0.2) is 11.6 Å². The molecule has 0 saturated heterocycles. The molecule has 0 radical (unpaired) electrons.